The molecule has 3 nitrogen and oxygen atoms in total. The number of aliphatic carboxylic acids is 1. The Balaban J connectivity index is 2.62. The number of methoxy groups -OCH3 is 1. The van der Waals surface area contributed by atoms with Crippen molar-refractivity contribution in [2.45, 2.75) is 12.5 Å². The van der Waals surface area contributed by atoms with Crippen LogP contribution in [0.25, 0.3) is 0 Å². The number of carboxylic acids is 1. The van der Waals surface area contributed by atoms with E-state index in [9.17, 15) is 4.79 Å². The van der Waals surface area contributed by atoms with E-state index in [1.165, 1.54) is 7.11 Å². The van der Waals surface area contributed by atoms with Gasteiger partial charge in [-0.1, -0.05) is 30.3 Å². The van der Waals surface area contributed by atoms with Crippen molar-refractivity contribution >= 4 is 5.97 Å². The van der Waals surface area contributed by atoms with Gasteiger partial charge in [0.2, 0.25) is 0 Å². The maximum absolute atomic E-state index is 10.6. The zero-order valence-electron chi connectivity index (χ0n) is 7.43. The van der Waals surface area contributed by atoms with Crippen molar-refractivity contribution < 1.29 is 14.6 Å². The molecule has 0 aliphatic heterocycles. The minimum Gasteiger partial charge on any atom is -0.479 e. The quantitative estimate of drug-likeness (QED) is 0.760. The first-order valence-electron chi connectivity index (χ1n) is 4.03. The summed E-state index contributed by atoms with van der Waals surface area (Å²) in [7, 11) is 1.40. The molecule has 0 heterocycles. The highest BCUT2D eigenvalue weighted by molar-refractivity contribution is 5.72. The van der Waals surface area contributed by atoms with E-state index in [0.717, 1.165) is 5.56 Å². The Labute approximate surface area is 77.0 Å². The number of carboxylic acid groups (broad SMARTS) is 1. The summed E-state index contributed by atoms with van der Waals surface area (Å²) in [5.74, 6) is -0.925. The lowest BCUT2D eigenvalue weighted by molar-refractivity contribution is -0.148. The van der Waals surface area contributed by atoms with E-state index < -0.39 is 12.1 Å². The molecule has 0 fully saturated rings. The molecule has 0 spiro atoms. The van der Waals surface area contributed by atoms with Gasteiger partial charge in [-0.2, -0.15) is 0 Å². The molecule has 0 saturated heterocycles. The van der Waals surface area contributed by atoms with Gasteiger partial charge in [0.05, 0.1) is 0 Å². The third-order valence-electron chi connectivity index (χ3n) is 1.82. The van der Waals surface area contributed by atoms with Crippen LogP contribution in [0.1, 0.15) is 5.56 Å². The maximum Gasteiger partial charge on any atom is 0.333 e. The summed E-state index contributed by atoms with van der Waals surface area (Å²) in [5, 5.41) is 8.71. The van der Waals surface area contributed by atoms with E-state index in [0.29, 0.717) is 6.42 Å². The van der Waals surface area contributed by atoms with E-state index in [4.69, 9.17) is 9.84 Å². The molecule has 0 unspecified atom stereocenters. The Kier molecular flexibility index (Phi) is 3.46. The van der Waals surface area contributed by atoms with Crippen LogP contribution in [0.3, 0.4) is 0 Å². The average Bonchev–Trinajstić information content (AvgIpc) is 2.15. The summed E-state index contributed by atoms with van der Waals surface area (Å²) >= 11 is 0. The minimum atomic E-state index is -0.925. The molecule has 3 heteroatoms. The van der Waals surface area contributed by atoms with E-state index >= 15 is 0 Å². The molecule has 1 rings (SSSR count). The molecular formula is C10H12O3. The molecular weight excluding hydrogens is 168 g/mol. The summed E-state index contributed by atoms with van der Waals surface area (Å²) in [5.41, 5.74) is 0.969. The van der Waals surface area contributed by atoms with Gasteiger partial charge in [-0.3, -0.25) is 0 Å². The van der Waals surface area contributed by atoms with Crippen LogP contribution in [0.5, 0.6) is 0 Å². The van der Waals surface area contributed by atoms with Crippen molar-refractivity contribution in [3.8, 4) is 0 Å². The predicted molar refractivity (Wildman–Crippen MR) is 48.6 cm³/mol. The number of rotatable bonds is 4. The molecule has 1 aromatic rings. The SMILES string of the molecule is CO[C@H](Cc1ccccc1)C(=O)O. The van der Waals surface area contributed by atoms with Crippen molar-refractivity contribution in [1.82, 2.24) is 0 Å². The molecule has 0 radical (unpaired) electrons. The zero-order valence-corrected chi connectivity index (χ0v) is 7.43. The van der Waals surface area contributed by atoms with Crippen molar-refractivity contribution in [2.24, 2.45) is 0 Å². The third-order valence-corrected chi connectivity index (χ3v) is 1.82. The first-order valence-corrected chi connectivity index (χ1v) is 4.03. The molecule has 0 aliphatic rings. The zero-order chi connectivity index (χ0) is 9.68. The Morgan fingerprint density at radius 2 is 2.08 bits per heavy atom. The molecule has 0 bridgehead atoms. The number of benzene rings is 1. The average molecular weight is 180 g/mol. The third kappa shape index (κ3) is 2.87. The number of hydrogen-bond acceptors (Lipinski definition) is 2. The van der Waals surface area contributed by atoms with Crippen LogP contribution in [-0.2, 0) is 16.0 Å². The molecule has 13 heavy (non-hydrogen) atoms. The molecule has 1 N–H and O–H groups in total. The Hall–Kier alpha value is -1.35. The topological polar surface area (TPSA) is 46.5 Å². The lowest BCUT2D eigenvalue weighted by Crippen LogP contribution is -2.24. The van der Waals surface area contributed by atoms with Crippen molar-refractivity contribution in [3.63, 3.8) is 0 Å². The van der Waals surface area contributed by atoms with Gasteiger partial charge in [0.15, 0.2) is 6.10 Å². The second kappa shape index (κ2) is 4.62. The number of hydrogen-bond donors (Lipinski definition) is 1. The fourth-order valence-electron chi connectivity index (χ4n) is 1.10. The van der Waals surface area contributed by atoms with Crippen molar-refractivity contribution in [2.75, 3.05) is 7.11 Å². The van der Waals surface area contributed by atoms with Crippen LogP contribution >= 0.6 is 0 Å². The lowest BCUT2D eigenvalue weighted by atomic mass is 10.1. The van der Waals surface area contributed by atoms with Crippen molar-refractivity contribution in [3.05, 3.63) is 35.9 Å². The van der Waals surface area contributed by atoms with Gasteiger partial charge in [0.1, 0.15) is 0 Å². The molecule has 0 aromatic heterocycles. The fourth-order valence-corrected chi connectivity index (χ4v) is 1.10. The highest BCUT2D eigenvalue weighted by Gasteiger charge is 2.16. The summed E-state index contributed by atoms with van der Waals surface area (Å²) in [6, 6.07) is 9.42. The van der Waals surface area contributed by atoms with Crippen LogP contribution in [0.15, 0.2) is 30.3 Å². The van der Waals surface area contributed by atoms with Gasteiger partial charge in [0.25, 0.3) is 0 Å². The van der Waals surface area contributed by atoms with Crippen LogP contribution in [0, 0.1) is 0 Å². The van der Waals surface area contributed by atoms with E-state index in [2.05, 4.69) is 0 Å². The van der Waals surface area contributed by atoms with Gasteiger partial charge in [-0.15, -0.1) is 0 Å². The molecule has 0 saturated carbocycles. The highest BCUT2D eigenvalue weighted by Crippen LogP contribution is 2.05. The molecule has 1 aromatic carbocycles. The fraction of sp³-hybridized carbons (Fsp3) is 0.300. The Morgan fingerprint density at radius 1 is 1.46 bits per heavy atom. The monoisotopic (exact) mass is 180 g/mol. The van der Waals surface area contributed by atoms with E-state index in [1.807, 2.05) is 30.3 Å². The summed E-state index contributed by atoms with van der Waals surface area (Å²) in [4.78, 5) is 10.6. The van der Waals surface area contributed by atoms with Crippen LogP contribution in [-0.4, -0.2) is 24.3 Å². The first-order chi connectivity index (χ1) is 6.24. The molecule has 0 amide bonds. The Bertz CT molecular complexity index is 269. The second-order valence-electron chi connectivity index (χ2n) is 2.75. The first kappa shape index (κ1) is 9.74. The van der Waals surface area contributed by atoms with Gasteiger partial charge in [-0.05, 0) is 5.56 Å². The van der Waals surface area contributed by atoms with Gasteiger partial charge in [-0.25, -0.2) is 4.79 Å². The van der Waals surface area contributed by atoms with Gasteiger partial charge >= 0.3 is 5.97 Å². The normalized spacial score (nSPS) is 12.4. The number of carbonyl (C=O) groups is 1. The molecule has 1 atom stereocenters. The van der Waals surface area contributed by atoms with Gasteiger partial charge in [0, 0.05) is 13.5 Å². The summed E-state index contributed by atoms with van der Waals surface area (Å²) in [6.07, 6.45) is -0.338. The van der Waals surface area contributed by atoms with Crippen molar-refractivity contribution in [1.29, 1.82) is 0 Å². The number of ether oxygens (including phenoxy) is 1. The maximum atomic E-state index is 10.6. The molecule has 0 aliphatic carbocycles. The standard InChI is InChI=1S/C10H12O3/c1-13-9(10(11)12)7-8-5-3-2-4-6-8/h2-6,9H,7H2,1H3,(H,11,12)/t9-/m1/s1. The van der Waals surface area contributed by atoms with Crippen LogP contribution in [0.4, 0.5) is 0 Å². The Morgan fingerprint density at radius 3 is 2.54 bits per heavy atom. The summed E-state index contributed by atoms with van der Waals surface area (Å²) < 4.78 is 4.82. The second-order valence-corrected chi connectivity index (χ2v) is 2.75. The van der Waals surface area contributed by atoms with E-state index in [1.54, 1.807) is 0 Å². The largest absolute Gasteiger partial charge is 0.479 e. The summed E-state index contributed by atoms with van der Waals surface area (Å²) in [6.45, 7) is 0. The van der Waals surface area contributed by atoms with E-state index in [-0.39, 0.29) is 0 Å². The smallest absolute Gasteiger partial charge is 0.333 e. The predicted octanol–water partition coefficient (Wildman–Crippen LogP) is 1.33. The minimum absolute atomic E-state index is 0.409. The van der Waals surface area contributed by atoms with Crippen LogP contribution < -0.4 is 0 Å². The molecule has 70 valence electrons. The van der Waals surface area contributed by atoms with Gasteiger partial charge < -0.3 is 9.84 Å². The lowest BCUT2D eigenvalue weighted by Gasteiger charge is -2.09. The van der Waals surface area contributed by atoms with Crippen LogP contribution in [0.2, 0.25) is 0 Å². The highest BCUT2D eigenvalue weighted by atomic mass is 16.5.